The Balaban J connectivity index is 2.54. The molecule has 0 saturated carbocycles. The predicted molar refractivity (Wildman–Crippen MR) is 85.9 cm³/mol. The van der Waals surface area contributed by atoms with Gasteiger partial charge in [0.15, 0.2) is 5.75 Å². The third kappa shape index (κ3) is 3.06. The number of nitrogens with two attached hydrogens (primary N) is 1. The van der Waals surface area contributed by atoms with Crippen LogP contribution in [0.4, 0.5) is 0 Å². The normalized spacial score (nSPS) is 12.5. The average Bonchev–Trinajstić information content (AvgIpc) is 2.90. The Bertz CT molecular complexity index is 625. The molecule has 2 rings (SSSR count). The molecule has 0 aliphatic carbocycles. The number of halogens is 1. The molecular weight excluding hydrogens is 334 g/mol. The fraction of sp³-hybridized carbons (Fsp3) is 0.400. The second-order valence-electron chi connectivity index (χ2n) is 5.00. The lowest BCUT2D eigenvalue weighted by Crippen LogP contribution is -2.20. The van der Waals surface area contributed by atoms with Crippen LogP contribution in [-0.2, 0) is 0 Å². The lowest BCUT2D eigenvalue weighted by atomic mass is 10.0. The van der Waals surface area contributed by atoms with Gasteiger partial charge in [-0.3, -0.25) is 4.68 Å². The van der Waals surface area contributed by atoms with E-state index in [1.807, 2.05) is 22.9 Å². The van der Waals surface area contributed by atoms with Crippen molar-refractivity contribution < 1.29 is 9.47 Å². The number of hydrogen-bond acceptors (Lipinski definition) is 4. The molecule has 0 aliphatic heterocycles. The van der Waals surface area contributed by atoms with Crippen molar-refractivity contribution >= 4 is 15.9 Å². The maximum absolute atomic E-state index is 6.47. The molecular formula is C15H20BrN3O2. The topological polar surface area (TPSA) is 62.3 Å². The molecule has 2 aromatic rings. The molecule has 21 heavy (non-hydrogen) atoms. The van der Waals surface area contributed by atoms with Crippen LogP contribution in [0.1, 0.15) is 37.2 Å². The number of benzene rings is 1. The predicted octanol–water partition coefficient (Wildman–Crippen LogP) is 3.29. The summed E-state index contributed by atoms with van der Waals surface area (Å²) in [6, 6.07) is 5.60. The molecule has 1 aromatic carbocycles. The first kappa shape index (κ1) is 15.9. The summed E-state index contributed by atoms with van der Waals surface area (Å²) in [4.78, 5) is 0. The number of methoxy groups -OCH3 is 2. The fourth-order valence-corrected chi connectivity index (χ4v) is 2.65. The Morgan fingerprint density at radius 1 is 1.19 bits per heavy atom. The van der Waals surface area contributed by atoms with Crippen LogP contribution < -0.4 is 15.2 Å². The minimum atomic E-state index is -0.382. The zero-order valence-electron chi connectivity index (χ0n) is 12.6. The van der Waals surface area contributed by atoms with E-state index in [4.69, 9.17) is 15.2 Å². The van der Waals surface area contributed by atoms with Gasteiger partial charge in [-0.25, -0.2) is 0 Å². The van der Waals surface area contributed by atoms with E-state index in [9.17, 15) is 0 Å². The van der Waals surface area contributed by atoms with Gasteiger partial charge >= 0.3 is 0 Å². The Labute approximate surface area is 133 Å². The maximum Gasteiger partial charge on any atom is 0.161 e. The highest BCUT2D eigenvalue weighted by molar-refractivity contribution is 9.10. The molecule has 1 aromatic heterocycles. The average molecular weight is 354 g/mol. The first-order valence-electron chi connectivity index (χ1n) is 6.70. The highest BCUT2D eigenvalue weighted by atomic mass is 79.9. The van der Waals surface area contributed by atoms with Crippen molar-refractivity contribution in [2.24, 2.45) is 5.73 Å². The zero-order valence-corrected chi connectivity index (χ0v) is 14.2. The van der Waals surface area contributed by atoms with E-state index in [1.165, 1.54) is 0 Å². The molecule has 0 bridgehead atoms. The second-order valence-corrected chi connectivity index (χ2v) is 5.92. The van der Waals surface area contributed by atoms with Gasteiger partial charge in [0.25, 0.3) is 0 Å². The van der Waals surface area contributed by atoms with Crippen molar-refractivity contribution in [2.75, 3.05) is 14.2 Å². The number of hydrogen-bond donors (Lipinski definition) is 1. The van der Waals surface area contributed by atoms with Gasteiger partial charge in [0.1, 0.15) is 11.4 Å². The molecule has 5 nitrogen and oxygen atoms in total. The van der Waals surface area contributed by atoms with E-state index in [0.29, 0.717) is 5.75 Å². The van der Waals surface area contributed by atoms with Crippen LogP contribution in [0.3, 0.4) is 0 Å². The molecule has 0 amide bonds. The Morgan fingerprint density at radius 3 is 2.43 bits per heavy atom. The smallest absolute Gasteiger partial charge is 0.161 e. The van der Waals surface area contributed by atoms with E-state index in [2.05, 4.69) is 34.9 Å². The van der Waals surface area contributed by atoms with E-state index >= 15 is 0 Å². The molecule has 1 atom stereocenters. The summed E-state index contributed by atoms with van der Waals surface area (Å²) in [6.07, 6.45) is 1.69. The molecule has 2 N–H and O–H groups in total. The Hall–Kier alpha value is -1.53. The van der Waals surface area contributed by atoms with Gasteiger partial charge in [0.05, 0.1) is 26.5 Å². The van der Waals surface area contributed by atoms with Crippen molar-refractivity contribution in [3.63, 3.8) is 0 Å². The molecule has 0 radical (unpaired) electrons. The van der Waals surface area contributed by atoms with Gasteiger partial charge in [-0.2, -0.15) is 5.10 Å². The summed E-state index contributed by atoms with van der Waals surface area (Å²) < 4.78 is 13.7. The van der Waals surface area contributed by atoms with Gasteiger partial charge < -0.3 is 15.2 Å². The zero-order chi connectivity index (χ0) is 15.6. The first-order valence-corrected chi connectivity index (χ1v) is 7.49. The fourth-order valence-electron chi connectivity index (χ4n) is 2.31. The van der Waals surface area contributed by atoms with E-state index in [0.717, 1.165) is 21.5 Å². The highest BCUT2D eigenvalue weighted by Crippen LogP contribution is 2.35. The van der Waals surface area contributed by atoms with Crippen molar-refractivity contribution in [2.45, 2.75) is 25.9 Å². The largest absolute Gasteiger partial charge is 0.496 e. The van der Waals surface area contributed by atoms with Crippen LogP contribution in [0.15, 0.2) is 28.9 Å². The van der Waals surface area contributed by atoms with Crippen LogP contribution in [0.25, 0.3) is 0 Å². The van der Waals surface area contributed by atoms with E-state index in [1.54, 1.807) is 20.4 Å². The maximum atomic E-state index is 6.47. The Kier molecular flexibility index (Phi) is 4.90. The van der Waals surface area contributed by atoms with Gasteiger partial charge in [-0.05, 0) is 26.0 Å². The second kappa shape index (κ2) is 6.49. The van der Waals surface area contributed by atoms with E-state index < -0.39 is 0 Å². The molecule has 1 unspecified atom stereocenters. The molecule has 0 saturated heterocycles. The summed E-state index contributed by atoms with van der Waals surface area (Å²) in [7, 11) is 3.26. The van der Waals surface area contributed by atoms with Crippen LogP contribution in [0.5, 0.6) is 11.5 Å². The molecule has 6 heteroatoms. The standard InChI is InChI=1S/C15H20BrN3O2/c1-9(2)19-15(13(21-4)8-18-19)14(17)11-6-5-10(16)7-12(11)20-3/h5-9,14H,17H2,1-4H3. The quantitative estimate of drug-likeness (QED) is 0.895. The van der Waals surface area contributed by atoms with Gasteiger partial charge in [-0.1, -0.05) is 22.0 Å². The SMILES string of the molecule is COc1cc(Br)ccc1C(N)c1c(OC)cnn1C(C)C. The van der Waals surface area contributed by atoms with Gasteiger partial charge in [-0.15, -0.1) is 0 Å². The molecule has 0 aliphatic rings. The molecule has 0 fully saturated rings. The van der Waals surface area contributed by atoms with Crippen molar-refractivity contribution in [1.82, 2.24) is 9.78 Å². The van der Waals surface area contributed by atoms with Crippen LogP contribution >= 0.6 is 15.9 Å². The van der Waals surface area contributed by atoms with Crippen molar-refractivity contribution in [3.05, 3.63) is 40.1 Å². The van der Waals surface area contributed by atoms with E-state index in [-0.39, 0.29) is 12.1 Å². The summed E-state index contributed by atoms with van der Waals surface area (Å²) in [5, 5.41) is 4.37. The number of ether oxygens (including phenoxy) is 2. The molecule has 1 heterocycles. The Morgan fingerprint density at radius 2 is 1.86 bits per heavy atom. The first-order chi connectivity index (χ1) is 9.99. The number of aromatic nitrogens is 2. The van der Waals surface area contributed by atoms with Gasteiger partial charge in [0, 0.05) is 16.1 Å². The number of nitrogens with zero attached hydrogens (tertiary/aromatic N) is 2. The summed E-state index contributed by atoms with van der Waals surface area (Å²) in [5.74, 6) is 1.41. The van der Waals surface area contributed by atoms with Crippen molar-refractivity contribution in [3.8, 4) is 11.5 Å². The van der Waals surface area contributed by atoms with Crippen LogP contribution in [0.2, 0.25) is 0 Å². The minimum absolute atomic E-state index is 0.191. The van der Waals surface area contributed by atoms with Crippen LogP contribution in [-0.4, -0.2) is 24.0 Å². The highest BCUT2D eigenvalue weighted by Gasteiger charge is 2.24. The number of rotatable bonds is 5. The molecule has 114 valence electrons. The third-order valence-electron chi connectivity index (χ3n) is 3.33. The monoisotopic (exact) mass is 353 g/mol. The summed E-state index contributed by atoms with van der Waals surface area (Å²) >= 11 is 3.44. The van der Waals surface area contributed by atoms with Crippen LogP contribution in [0, 0.1) is 0 Å². The van der Waals surface area contributed by atoms with Gasteiger partial charge in [0.2, 0.25) is 0 Å². The molecule has 0 spiro atoms. The lowest BCUT2D eigenvalue weighted by Gasteiger charge is -2.20. The van der Waals surface area contributed by atoms with Crippen molar-refractivity contribution in [1.29, 1.82) is 0 Å². The lowest BCUT2D eigenvalue weighted by molar-refractivity contribution is 0.393. The summed E-state index contributed by atoms with van der Waals surface area (Å²) in [5.41, 5.74) is 8.20. The third-order valence-corrected chi connectivity index (χ3v) is 3.83. The minimum Gasteiger partial charge on any atom is -0.496 e. The summed E-state index contributed by atoms with van der Waals surface area (Å²) in [6.45, 7) is 4.11.